The molecule has 2 aliphatic rings. The molecule has 5 nitrogen and oxygen atoms in total. The van der Waals surface area contributed by atoms with E-state index in [1.165, 1.54) is 17.4 Å². The summed E-state index contributed by atoms with van der Waals surface area (Å²) in [6.45, 7) is 1.65. The lowest BCUT2D eigenvalue weighted by molar-refractivity contribution is -0.136. The zero-order valence-electron chi connectivity index (χ0n) is 12.8. The van der Waals surface area contributed by atoms with E-state index in [1.807, 2.05) is 6.07 Å². The van der Waals surface area contributed by atoms with Crippen LogP contribution in [0.3, 0.4) is 0 Å². The van der Waals surface area contributed by atoms with Gasteiger partial charge < -0.3 is 14.5 Å². The SMILES string of the molecule is COC1CCN(c2ccc(/C=C3\C(=O)ON=C3C(F)(F)F)s2)CC1. The summed E-state index contributed by atoms with van der Waals surface area (Å²) in [5, 5.41) is 3.79. The number of piperidine rings is 1. The lowest BCUT2D eigenvalue weighted by atomic mass is 10.1. The van der Waals surface area contributed by atoms with Gasteiger partial charge in [-0.25, -0.2) is 4.79 Å². The lowest BCUT2D eigenvalue weighted by Crippen LogP contribution is -2.36. The molecule has 0 aromatic carbocycles. The smallest absolute Gasteiger partial charge is 0.381 e. The van der Waals surface area contributed by atoms with Gasteiger partial charge in [0.1, 0.15) is 0 Å². The molecule has 0 saturated carbocycles. The van der Waals surface area contributed by atoms with Gasteiger partial charge in [-0.2, -0.15) is 13.2 Å². The van der Waals surface area contributed by atoms with Crippen LogP contribution in [0.2, 0.25) is 0 Å². The predicted octanol–water partition coefficient (Wildman–Crippen LogP) is 3.22. The minimum atomic E-state index is -4.72. The third kappa shape index (κ3) is 3.46. The lowest BCUT2D eigenvalue weighted by Gasteiger charge is -2.31. The molecule has 0 amide bonds. The fourth-order valence-corrected chi connectivity index (χ4v) is 3.66. The number of oxime groups is 1. The number of carbonyl (C=O) groups excluding carboxylic acids is 1. The van der Waals surface area contributed by atoms with Gasteiger partial charge in [0.15, 0.2) is 5.71 Å². The van der Waals surface area contributed by atoms with Crippen molar-refractivity contribution in [2.75, 3.05) is 25.1 Å². The molecule has 0 unspecified atom stereocenters. The highest BCUT2D eigenvalue weighted by Crippen LogP contribution is 2.33. The molecule has 0 spiro atoms. The topological polar surface area (TPSA) is 51.1 Å². The molecule has 130 valence electrons. The molecule has 0 atom stereocenters. The van der Waals surface area contributed by atoms with Crippen LogP contribution in [-0.2, 0) is 14.4 Å². The van der Waals surface area contributed by atoms with Crippen molar-refractivity contribution in [3.8, 4) is 0 Å². The van der Waals surface area contributed by atoms with Gasteiger partial charge in [0.2, 0.25) is 0 Å². The Kier molecular flexibility index (Phi) is 4.64. The largest absolute Gasteiger partial charge is 0.437 e. The first-order chi connectivity index (χ1) is 11.4. The summed E-state index contributed by atoms with van der Waals surface area (Å²) in [6.07, 6.45) is -1.48. The van der Waals surface area contributed by atoms with Crippen molar-refractivity contribution in [1.82, 2.24) is 0 Å². The number of methoxy groups -OCH3 is 1. The van der Waals surface area contributed by atoms with Crippen molar-refractivity contribution in [1.29, 1.82) is 0 Å². The van der Waals surface area contributed by atoms with E-state index in [-0.39, 0.29) is 6.10 Å². The van der Waals surface area contributed by atoms with Gasteiger partial charge in [0.05, 0.1) is 16.7 Å². The molecule has 3 heterocycles. The second-order valence-corrected chi connectivity index (χ2v) is 6.57. The third-order valence-electron chi connectivity index (χ3n) is 3.95. The first kappa shape index (κ1) is 17.0. The van der Waals surface area contributed by atoms with Crippen LogP contribution < -0.4 is 4.90 Å². The number of hydrogen-bond donors (Lipinski definition) is 0. The van der Waals surface area contributed by atoms with E-state index in [2.05, 4.69) is 14.9 Å². The molecule has 3 rings (SSSR count). The number of halogens is 3. The molecule has 0 bridgehead atoms. The van der Waals surface area contributed by atoms with Gasteiger partial charge in [-0.15, -0.1) is 11.3 Å². The van der Waals surface area contributed by atoms with Crippen LogP contribution >= 0.6 is 11.3 Å². The molecule has 24 heavy (non-hydrogen) atoms. The number of alkyl halides is 3. The van der Waals surface area contributed by atoms with Gasteiger partial charge in [-0.1, -0.05) is 5.16 Å². The number of carbonyl (C=O) groups is 1. The number of ether oxygens (including phenoxy) is 1. The van der Waals surface area contributed by atoms with Gasteiger partial charge >= 0.3 is 12.1 Å². The second kappa shape index (κ2) is 6.56. The summed E-state index contributed by atoms with van der Waals surface area (Å²) in [6, 6.07) is 3.53. The Morgan fingerprint density at radius 1 is 1.38 bits per heavy atom. The van der Waals surface area contributed by atoms with Crippen molar-refractivity contribution < 1.29 is 27.5 Å². The summed E-state index contributed by atoms with van der Waals surface area (Å²) in [5.74, 6) is -1.09. The van der Waals surface area contributed by atoms with E-state index < -0.39 is 23.4 Å². The van der Waals surface area contributed by atoms with E-state index in [0.29, 0.717) is 4.88 Å². The zero-order chi connectivity index (χ0) is 17.3. The third-order valence-corrected chi connectivity index (χ3v) is 5.04. The van der Waals surface area contributed by atoms with E-state index in [0.717, 1.165) is 30.9 Å². The normalized spacial score (nSPS) is 21.3. The second-order valence-electron chi connectivity index (χ2n) is 5.47. The average molecular weight is 360 g/mol. The Bertz CT molecular complexity index is 688. The average Bonchev–Trinajstić information content (AvgIpc) is 3.15. The molecule has 2 aliphatic heterocycles. The van der Waals surface area contributed by atoms with Crippen molar-refractivity contribution in [2.24, 2.45) is 5.16 Å². The molecular weight excluding hydrogens is 345 g/mol. The molecule has 1 aromatic heterocycles. The Labute approximate surface area is 140 Å². The quantitative estimate of drug-likeness (QED) is 0.614. The first-order valence-corrected chi connectivity index (χ1v) is 8.16. The number of hydrogen-bond acceptors (Lipinski definition) is 6. The van der Waals surface area contributed by atoms with Gasteiger partial charge in [0, 0.05) is 25.1 Å². The Morgan fingerprint density at radius 3 is 2.71 bits per heavy atom. The number of rotatable bonds is 3. The van der Waals surface area contributed by atoms with Crippen LogP contribution in [0.25, 0.3) is 6.08 Å². The zero-order valence-corrected chi connectivity index (χ0v) is 13.6. The molecular formula is C15H15F3N2O3S. The van der Waals surface area contributed by atoms with Crippen molar-refractivity contribution >= 4 is 34.1 Å². The van der Waals surface area contributed by atoms with Gasteiger partial charge in [-0.3, -0.25) is 0 Å². The van der Waals surface area contributed by atoms with Crippen molar-refractivity contribution in [3.63, 3.8) is 0 Å². The van der Waals surface area contributed by atoms with E-state index in [4.69, 9.17) is 4.74 Å². The monoisotopic (exact) mass is 360 g/mol. The van der Waals surface area contributed by atoms with Gasteiger partial charge in [-0.05, 0) is 31.1 Å². The molecule has 1 fully saturated rings. The van der Waals surface area contributed by atoms with E-state index in [9.17, 15) is 18.0 Å². The summed E-state index contributed by atoms with van der Waals surface area (Å²) in [4.78, 5) is 18.4. The highest BCUT2D eigenvalue weighted by Gasteiger charge is 2.45. The van der Waals surface area contributed by atoms with Gasteiger partial charge in [0.25, 0.3) is 0 Å². The number of anilines is 1. The number of thiophene rings is 1. The van der Waals surface area contributed by atoms with E-state index >= 15 is 0 Å². The molecule has 9 heteroatoms. The highest BCUT2D eigenvalue weighted by molar-refractivity contribution is 7.17. The fraction of sp³-hybridized carbons (Fsp3) is 0.467. The summed E-state index contributed by atoms with van der Waals surface area (Å²) >= 11 is 1.33. The van der Waals surface area contributed by atoms with Crippen LogP contribution in [0, 0.1) is 0 Å². The van der Waals surface area contributed by atoms with Crippen LogP contribution in [0.1, 0.15) is 17.7 Å². The van der Waals surface area contributed by atoms with Crippen LogP contribution in [0.5, 0.6) is 0 Å². The van der Waals surface area contributed by atoms with Crippen LogP contribution in [0.15, 0.2) is 22.9 Å². The molecule has 1 saturated heterocycles. The maximum Gasteiger partial charge on any atom is 0.437 e. The predicted molar refractivity (Wildman–Crippen MR) is 84.1 cm³/mol. The summed E-state index contributed by atoms with van der Waals surface area (Å²) in [5.41, 5.74) is -1.85. The first-order valence-electron chi connectivity index (χ1n) is 7.34. The number of nitrogens with zero attached hydrogens (tertiary/aromatic N) is 2. The maximum atomic E-state index is 12.8. The van der Waals surface area contributed by atoms with Crippen molar-refractivity contribution in [2.45, 2.75) is 25.1 Å². The summed E-state index contributed by atoms with van der Waals surface area (Å²) < 4.78 is 43.8. The molecule has 0 radical (unpaired) electrons. The Morgan fingerprint density at radius 2 is 2.08 bits per heavy atom. The highest BCUT2D eigenvalue weighted by atomic mass is 32.1. The minimum absolute atomic E-state index is 0.251. The standard InChI is InChI=1S/C15H15F3N2O3S/c1-22-9-4-6-20(7-5-9)12-3-2-10(24-12)8-11-13(15(16,17)18)19-23-14(11)21/h2-3,8-9H,4-7H2,1H3/b11-8-. The summed E-state index contributed by atoms with van der Waals surface area (Å²) in [7, 11) is 1.69. The van der Waals surface area contributed by atoms with Crippen LogP contribution in [0.4, 0.5) is 18.2 Å². The minimum Gasteiger partial charge on any atom is -0.381 e. The fourth-order valence-electron chi connectivity index (χ4n) is 2.66. The Hall–Kier alpha value is -1.87. The molecule has 0 aliphatic carbocycles. The van der Waals surface area contributed by atoms with Crippen molar-refractivity contribution in [3.05, 3.63) is 22.6 Å². The van der Waals surface area contributed by atoms with E-state index in [1.54, 1.807) is 13.2 Å². The van der Waals surface area contributed by atoms with Crippen LogP contribution in [-0.4, -0.2) is 44.2 Å². The molecule has 0 N–H and O–H groups in total. The molecule has 1 aromatic rings. The maximum absolute atomic E-state index is 12.8. The Balaban J connectivity index is 1.76.